The van der Waals surface area contributed by atoms with E-state index in [1.165, 1.54) is 6.20 Å². The van der Waals surface area contributed by atoms with E-state index in [1.807, 2.05) is 0 Å². The Labute approximate surface area is 96.9 Å². The molecule has 0 fully saturated rings. The van der Waals surface area contributed by atoms with Crippen LogP contribution in [0.5, 0.6) is 5.75 Å². The summed E-state index contributed by atoms with van der Waals surface area (Å²) in [7, 11) is 1.56. The van der Waals surface area contributed by atoms with Gasteiger partial charge in [0.15, 0.2) is 0 Å². The molecule has 0 spiro atoms. The fourth-order valence-electron chi connectivity index (χ4n) is 1.40. The summed E-state index contributed by atoms with van der Waals surface area (Å²) < 4.78 is 5.19. The summed E-state index contributed by atoms with van der Waals surface area (Å²) >= 11 is 5.90. The van der Waals surface area contributed by atoms with Gasteiger partial charge in [-0.25, -0.2) is 0 Å². The lowest BCUT2D eigenvalue weighted by Gasteiger charge is -2.07. The second-order valence-corrected chi connectivity index (χ2v) is 3.59. The van der Waals surface area contributed by atoms with Crippen molar-refractivity contribution in [3.05, 3.63) is 46.0 Å². The predicted molar refractivity (Wildman–Crippen MR) is 61.9 cm³/mol. The lowest BCUT2D eigenvalue weighted by atomic mass is 10.1. The van der Waals surface area contributed by atoms with Crippen molar-refractivity contribution in [2.24, 2.45) is 0 Å². The number of rotatable bonds is 2. The van der Waals surface area contributed by atoms with Crippen LogP contribution in [0.1, 0.15) is 0 Å². The summed E-state index contributed by atoms with van der Waals surface area (Å²) in [5, 5.41) is 0.570. The first kappa shape index (κ1) is 10.7. The number of aromatic amines is 1. The van der Waals surface area contributed by atoms with E-state index in [4.69, 9.17) is 16.3 Å². The van der Waals surface area contributed by atoms with Gasteiger partial charge in [0.25, 0.3) is 5.56 Å². The first-order valence-electron chi connectivity index (χ1n) is 4.59. The average molecular weight is 237 g/mol. The van der Waals surface area contributed by atoms with Gasteiger partial charge in [0.1, 0.15) is 5.75 Å². The highest BCUT2D eigenvalue weighted by atomic mass is 35.5. The Morgan fingerprint density at radius 1 is 1.38 bits per heavy atom. The number of hydrogen-bond donors (Lipinski definition) is 1. The highest BCUT2D eigenvalue weighted by molar-refractivity contribution is 6.30. The molecule has 0 saturated heterocycles. The molecule has 5 heteroatoms. The van der Waals surface area contributed by atoms with Crippen molar-refractivity contribution in [2.75, 3.05) is 7.11 Å². The maximum Gasteiger partial charge on any atom is 0.266 e. The van der Waals surface area contributed by atoms with Crippen LogP contribution in [0.15, 0.2) is 35.4 Å². The molecule has 0 bridgehead atoms. The normalized spacial score (nSPS) is 10.1. The molecule has 16 heavy (non-hydrogen) atoms. The molecule has 1 heterocycles. The van der Waals surface area contributed by atoms with E-state index in [0.29, 0.717) is 22.0 Å². The molecule has 0 atom stereocenters. The zero-order chi connectivity index (χ0) is 11.5. The standard InChI is InChI=1S/C11H9ClN2O2/c1-16-10-3-2-7(12)4-8(10)9-5-13-6-11(15)14-9/h2-6H,1H3,(H,14,15). The summed E-state index contributed by atoms with van der Waals surface area (Å²) in [5.41, 5.74) is 1.02. The van der Waals surface area contributed by atoms with Crippen molar-refractivity contribution in [3.8, 4) is 17.0 Å². The first-order chi connectivity index (χ1) is 7.70. The average Bonchev–Trinajstić information content (AvgIpc) is 2.29. The fraction of sp³-hybridized carbons (Fsp3) is 0.0909. The molecule has 82 valence electrons. The van der Waals surface area contributed by atoms with E-state index >= 15 is 0 Å². The van der Waals surface area contributed by atoms with Gasteiger partial charge in [-0.1, -0.05) is 11.6 Å². The third-order valence-electron chi connectivity index (χ3n) is 2.10. The van der Waals surface area contributed by atoms with E-state index in [1.54, 1.807) is 31.5 Å². The van der Waals surface area contributed by atoms with Crippen molar-refractivity contribution in [2.45, 2.75) is 0 Å². The number of nitrogens with one attached hydrogen (secondary N) is 1. The van der Waals surface area contributed by atoms with Crippen molar-refractivity contribution in [3.63, 3.8) is 0 Å². The smallest absolute Gasteiger partial charge is 0.266 e. The van der Waals surface area contributed by atoms with Gasteiger partial charge in [0.2, 0.25) is 0 Å². The topological polar surface area (TPSA) is 55.0 Å². The van der Waals surface area contributed by atoms with E-state index in [-0.39, 0.29) is 5.56 Å². The molecule has 0 saturated carbocycles. The Balaban J connectivity index is 2.62. The summed E-state index contributed by atoms with van der Waals surface area (Å²) in [6.07, 6.45) is 2.76. The van der Waals surface area contributed by atoms with Gasteiger partial charge in [-0.15, -0.1) is 0 Å². The zero-order valence-corrected chi connectivity index (χ0v) is 9.28. The summed E-state index contributed by atoms with van der Waals surface area (Å²) in [6, 6.07) is 5.18. The number of methoxy groups -OCH3 is 1. The van der Waals surface area contributed by atoms with Crippen LogP contribution < -0.4 is 10.3 Å². The molecular formula is C11H9ClN2O2. The van der Waals surface area contributed by atoms with Gasteiger partial charge < -0.3 is 9.72 Å². The molecule has 2 aromatic rings. The van der Waals surface area contributed by atoms with Crippen molar-refractivity contribution in [1.82, 2.24) is 9.97 Å². The van der Waals surface area contributed by atoms with Crippen LogP contribution in [0, 0.1) is 0 Å². The fourth-order valence-corrected chi connectivity index (χ4v) is 1.58. The van der Waals surface area contributed by atoms with Crippen LogP contribution in [-0.4, -0.2) is 17.1 Å². The Morgan fingerprint density at radius 3 is 2.88 bits per heavy atom. The minimum Gasteiger partial charge on any atom is -0.496 e. The minimum absolute atomic E-state index is 0.264. The zero-order valence-electron chi connectivity index (χ0n) is 8.53. The lowest BCUT2D eigenvalue weighted by molar-refractivity contribution is 0.416. The van der Waals surface area contributed by atoms with Gasteiger partial charge in [0, 0.05) is 10.6 Å². The minimum atomic E-state index is -0.264. The molecule has 0 radical (unpaired) electrons. The maximum atomic E-state index is 11.2. The summed E-state index contributed by atoms with van der Waals surface area (Å²) in [4.78, 5) is 17.6. The van der Waals surface area contributed by atoms with Crippen molar-refractivity contribution >= 4 is 11.6 Å². The summed E-state index contributed by atoms with van der Waals surface area (Å²) in [6.45, 7) is 0. The number of aromatic nitrogens is 2. The Morgan fingerprint density at radius 2 is 2.19 bits per heavy atom. The Kier molecular flexibility index (Phi) is 2.92. The molecule has 0 aliphatic heterocycles. The van der Waals surface area contributed by atoms with Crippen molar-refractivity contribution in [1.29, 1.82) is 0 Å². The quantitative estimate of drug-likeness (QED) is 0.869. The number of hydrogen-bond acceptors (Lipinski definition) is 3. The Hall–Kier alpha value is -1.81. The highest BCUT2D eigenvalue weighted by Gasteiger charge is 2.07. The molecule has 1 N–H and O–H groups in total. The molecule has 2 rings (SSSR count). The Bertz CT molecular complexity index is 566. The molecule has 4 nitrogen and oxygen atoms in total. The predicted octanol–water partition coefficient (Wildman–Crippen LogP) is 2.10. The number of H-pyrrole nitrogens is 1. The van der Waals surface area contributed by atoms with Gasteiger partial charge in [0.05, 0.1) is 25.2 Å². The maximum absolute atomic E-state index is 11.2. The lowest BCUT2D eigenvalue weighted by Crippen LogP contribution is -2.06. The third kappa shape index (κ3) is 2.06. The SMILES string of the molecule is COc1ccc(Cl)cc1-c1cncc(=O)[nH]1. The second kappa shape index (κ2) is 4.37. The van der Waals surface area contributed by atoms with E-state index in [9.17, 15) is 4.79 Å². The molecular weight excluding hydrogens is 228 g/mol. The van der Waals surface area contributed by atoms with Crippen molar-refractivity contribution < 1.29 is 4.74 Å². The molecule has 0 unspecified atom stereocenters. The molecule has 0 aliphatic rings. The third-order valence-corrected chi connectivity index (χ3v) is 2.34. The van der Waals surface area contributed by atoms with Gasteiger partial charge in [-0.2, -0.15) is 0 Å². The molecule has 1 aromatic heterocycles. The number of nitrogens with zero attached hydrogens (tertiary/aromatic N) is 1. The number of benzene rings is 1. The van der Waals surface area contributed by atoms with Crippen LogP contribution in [0.2, 0.25) is 5.02 Å². The van der Waals surface area contributed by atoms with Gasteiger partial charge in [-0.3, -0.25) is 9.78 Å². The second-order valence-electron chi connectivity index (χ2n) is 3.15. The van der Waals surface area contributed by atoms with Crippen LogP contribution in [-0.2, 0) is 0 Å². The largest absolute Gasteiger partial charge is 0.496 e. The highest BCUT2D eigenvalue weighted by Crippen LogP contribution is 2.30. The molecule has 1 aromatic carbocycles. The molecule has 0 amide bonds. The van der Waals surface area contributed by atoms with Crippen LogP contribution >= 0.6 is 11.6 Å². The van der Waals surface area contributed by atoms with Gasteiger partial charge >= 0.3 is 0 Å². The summed E-state index contributed by atoms with van der Waals surface area (Å²) in [5.74, 6) is 0.632. The van der Waals surface area contributed by atoms with E-state index in [0.717, 1.165) is 0 Å². The number of halogens is 1. The van der Waals surface area contributed by atoms with Crippen LogP contribution in [0.4, 0.5) is 0 Å². The van der Waals surface area contributed by atoms with Crippen LogP contribution in [0.25, 0.3) is 11.3 Å². The monoisotopic (exact) mass is 236 g/mol. The van der Waals surface area contributed by atoms with Gasteiger partial charge in [-0.05, 0) is 18.2 Å². The first-order valence-corrected chi connectivity index (χ1v) is 4.97. The van der Waals surface area contributed by atoms with E-state index < -0.39 is 0 Å². The van der Waals surface area contributed by atoms with E-state index in [2.05, 4.69) is 9.97 Å². The molecule has 0 aliphatic carbocycles. The van der Waals surface area contributed by atoms with Crippen LogP contribution in [0.3, 0.4) is 0 Å². The number of ether oxygens (including phenoxy) is 1.